The molecule has 3 heterocycles. The summed E-state index contributed by atoms with van der Waals surface area (Å²) in [4.78, 5) is 35.7. The van der Waals surface area contributed by atoms with E-state index in [0.717, 1.165) is 68.3 Å². The lowest BCUT2D eigenvalue weighted by molar-refractivity contribution is -0.132. The second-order valence-electron chi connectivity index (χ2n) is 7.78. The number of fused-ring (bicyclic) bond motifs is 1. The molecule has 0 radical (unpaired) electrons. The fourth-order valence-corrected chi connectivity index (χ4v) is 3.68. The molecule has 2 aliphatic heterocycles. The molecule has 1 saturated carbocycles. The highest BCUT2D eigenvalue weighted by atomic mass is 16.2. The Morgan fingerprint density at radius 2 is 2.00 bits per heavy atom. The molecular formula is C19H27N5O2. The Balaban J connectivity index is 1.41. The minimum atomic E-state index is -0.114. The highest BCUT2D eigenvalue weighted by Crippen LogP contribution is 2.39. The molecule has 0 unspecified atom stereocenters. The van der Waals surface area contributed by atoms with Gasteiger partial charge in [-0.25, -0.2) is 9.97 Å². The molecule has 7 nitrogen and oxygen atoms in total. The molecule has 3 aliphatic rings. The maximum Gasteiger partial charge on any atom is 0.270 e. The van der Waals surface area contributed by atoms with Gasteiger partial charge in [-0.2, -0.15) is 0 Å². The third-order valence-electron chi connectivity index (χ3n) is 5.61. The van der Waals surface area contributed by atoms with Gasteiger partial charge in [-0.05, 0) is 38.0 Å². The molecule has 0 atom stereocenters. The van der Waals surface area contributed by atoms with Crippen molar-refractivity contribution in [1.82, 2.24) is 20.2 Å². The molecule has 0 aromatic carbocycles. The van der Waals surface area contributed by atoms with E-state index in [9.17, 15) is 9.59 Å². The molecule has 1 saturated heterocycles. The Bertz CT molecular complexity index is 708. The number of rotatable bonds is 5. The Kier molecular flexibility index (Phi) is 4.78. The molecule has 2 amide bonds. The topological polar surface area (TPSA) is 87.2 Å². The lowest BCUT2D eigenvalue weighted by Crippen LogP contribution is -2.38. The second kappa shape index (κ2) is 7.21. The summed E-state index contributed by atoms with van der Waals surface area (Å²) in [6.07, 6.45) is 5.55. The van der Waals surface area contributed by atoms with Crippen LogP contribution in [0.4, 0.5) is 5.82 Å². The van der Waals surface area contributed by atoms with Crippen molar-refractivity contribution in [3.05, 3.63) is 17.1 Å². The zero-order valence-corrected chi connectivity index (χ0v) is 15.4. The van der Waals surface area contributed by atoms with E-state index in [4.69, 9.17) is 0 Å². The Labute approximate surface area is 154 Å². The number of carbonyl (C=O) groups is 2. The van der Waals surface area contributed by atoms with Crippen LogP contribution in [0.3, 0.4) is 0 Å². The molecule has 1 aromatic rings. The van der Waals surface area contributed by atoms with E-state index < -0.39 is 0 Å². The fourth-order valence-electron chi connectivity index (χ4n) is 3.68. The molecule has 2 N–H and O–H groups in total. The highest BCUT2D eigenvalue weighted by Gasteiger charge is 2.31. The SMILES string of the molecule is CC1CCN(C(=O)CCNc2nc(C3CC3)nc3c2CCNC3=O)CC1. The van der Waals surface area contributed by atoms with Crippen LogP contribution >= 0.6 is 0 Å². The molecule has 26 heavy (non-hydrogen) atoms. The first-order valence-corrected chi connectivity index (χ1v) is 9.82. The average Bonchev–Trinajstić information content (AvgIpc) is 3.48. The molecular weight excluding hydrogens is 330 g/mol. The normalized spacial score (nSPS) is 20.5. The zero-order valence-electron chi connectivity index (χ0n) is 15.4. The largest absolute Gasteiger partial charge is 0.369 e. The van der Waals surface area contributed by atoms with Gasteiger partial charge in [0.15, 0.2) is 0 Å². The predicted octanol–water partition coefficient (Wildman–Crippen LogP) is 1.70. The van der Waals surface area contributed by atoms with Crippen molar-refractivity contribution in [3.8, 4) is 0 Å². The number of hydrogen-bond donors (Lipinski definition) is 2. The Morgan fingerprint density at radius 1 is 1.23 bits per heavy atom. The van der Waals surface area contributed by atoms with Crippen molar-refractivity contribution >= 4 is 17.6 Å². The summed E-state index contributed by atoms with van der Waals surface area (Å²) in [5, 5.41) is 6.17. The first-order chi connectivity index (χ1) is 12.6. The number of anilines is 1. The van der Waals surface area contributed by atoms with E-state index in [2.05, 4.69) is 27.5 Å². The van der Waals surface area contributed by atoms with Crippen LogP contribution in [0.25, 0.3) is 0 Å². The molecule has 2 fully saturated rings. The first-order valence-electron chi connectivity index (χ1n) is 9.82. The number of piperidine rings is 1. The average molecular weight is 357 g/mol. The molecule has 140 valence electrons. The summed E-state index contributed by atoms with van der Waals surface area (Å²) in [5.74, 6) is 2.69. The van der Waals surface area contributed by atoms with Crippen LogP contribution in [0.15, 0.2) is 0 Å². The van der Waals surface area contributed by atoms with Gasteiger partial charge in [0, 0.05) is 44.1 Å². The predicted molar refractivity (Wildman–Crippen MR) is 98.1 cm³/mol. The summed E-state index contributed by atoms with van der Waals surface area (Å²) in [6.45, 7) is 5.14. The number of hydrogen-bond acceptors (Lipinski definition) is 5. The molecule has 4 rings (SSSR count). The Morgan fingerprint density at radius 3 is 2.73 bits per heavy atom. The molecule has 0 spiro atoms. The number of carbonyl (C=O) groups excluding carboxylic acids is 2. The van der Waals surface area contributed by atoms with Crippen molar-refractivity contribution in [2.45, 2.75) is 51.4 Å². The van der Waals surface area contributed by atoms with Crippen LogP contribution in [0.2, 0.25) is 0 Å². The third-order valence-corrected chi connectivity index (χ3v) is 5.61. The van der Waals surface area contributed by atoms with Gasteiger partial charge in [-0.15, -0.1) is 0 Å². The van der Waals surface area contributed by atoms with Gasteiger partial charge in [0.2, 0.25) is 5.91 Å². The van der Waals surface area contributed by atoms with E-state index in [1.165, 1.54) is 0 Å². The first kappa shape index (κ1) is 17.2. The van der Waals surface area contributed by atoms with E-state index >= 15 is 0 Å². The lowest BCUT2D eigenvalue weighted by atomic mass is 9.99. The van der Waals surface area contributed by atoms with E-state index in [-0.39, 0.29) is 11.8 Å². The number of aromatic nitrogens is 2. The van der Waals surface area contributed by atoms with E-state index in [1.807, 2.05) is 4.90 Å². The van der Waals surface area contributed by atoms with Crippen LogP contribution in [0.1, 0.15) is 66.8 Å². The van der Waals surface area contributed by atoms with Gasteiger partial charge in [-0.3, -0.25) is 9.59 Å². The summed E-state index contributed by atoms with van der Waals surface area (Å²) < 4.78 is 0. The highest BCUT2D eigenvalue weighted by molar-refractivity contribution is 5.96. The van der Waals surface area contributed by atoms with Gasteiger partial charge in [-0.1, -0.05) is 6.92 Å². The van der Waals surface area contributed by atoms with Gasteiger partial charge in [0.1, 0.15) is 17.3 Å². The van der Waals surface area contributed by atoms with Gasteiger partial charge < -0.3 is 15.5 Å². The number of nitrogens with one attached hydrogen (secondary N) is 2. The van der Waals surface area contributed by atoms with E-state index in [1.54, 1.807) is 0 Å². The minimum absolute atomic E-state index is 0.114. The lowest BCUT2D eigenvalue weighted by Gasteiger charge is -2.30. The van der Waals surface area contributed by atoms with Crippen LogP contribution in [0, 0.1) is 5.92 Å². The van der Waals surface area contributed by atoms with Crippen molar-refractivity contribution in [2.24, 2.45) is 5.92 Å². The second-order valence-corrected chi connectivity index (χ2v) is 7.78. The van der Waals surface area contributed by atoms with Crippen LogP contribution in [0.5, 0.6) is 0 Å². The van der Waals surface area contributed by atoms with Crippen molar-refractivity contribution in [3.63, 3.8) is 0 Å². The van der Waals surface area contributed by atoms with Crippen LogP contribution in [-0.4, -0.2) is 52.9 Å². The summed E-state index contributed by atoms with van der Waals surface area (Å²) in [7, 11) is 0. The fraction of sp³-hybridized carbons (Fsp3) is 0.684. The maximum absolute atomic E-state index is 12.4. The number of nitrogens with zero attached hydrogens (tertiary/aromatic N) is 3. The standard InChI is InChI=1S/C19H27N5O2/c1-12-6-10-24(11-7-12)15(25)5-9-20-18-14-4-8-21-19(26)16(14)22-17(23-18)13-2-3-13/h12-13H,2-11H2,1H3,(H,21,26)(H,20,22,23). The third kappa shape index (κ3) is 3.66. The van der Waals surface area contributed by atoms with Gasteiger partial charge in [0.25, 0.3) is 5.91 Å². The van der Waals surface area contributed by atoms with E-state index in [0.29, 0.717) is 31.1 Å². The monoisotopic (exact) mass is 357 g/mol. The van der Waals surface area contributed by atoms with Crippen molar-refractivity contribution in [2.75, 3.05) is 31.5 Å². The minimum Gasteiger partial charge on any atom is -0.369 e. The van der Waals surface area contributed by atoms with Gasteiger partial charge in [0.05, 0.1) is 0 Å². The summed E-state index contributed by atoms with van der Waals surface area (Å²) in [5.41, 5.74) is 1.39. The number of likely N-dealkylation sites (tertiary alicyclic amines) is 1. The molecule has 7 heteroatoms. The van der Waals surface area contributed by atoms with Gasteiger partial charge >= 0.3 is 0 Å². The van der Waals surface area contributed by atoms with Crippen molar-refractivity contribution < 1.29 is 9.59 Å². The maximum atomic E-state index is 12.4. The zero-order chi connectivity index (χ0) is 18.1. The Hall–Kier alpha value is -2.18. The summed E-state index contributed by atoms with van der Waals surface area (Å²) in [6, 6.07) is 0. The molecule has 0 bridgehead atoms. The quantitative estimate of drug-likeness (QED) is 0.837. The number of amides is 2. The smallest absolute Gasteiger partial charge is 0.270 e. The van der Waals surface area contributed by atoms with Crippen molar-refractivity contribution in [1.29, 1.82) is 0 Å². The molecule has 1 aromatic heterocycles. The van der Waals surface area contributed by atoms with Crippen LogP contribution < -0.4 is 10.6 Å². The van der Waals surface area contributed by atoms with Crippen LogP contribution in [-0.2, 0) is 11.2 Å². The summed E-state index contributed by atoms with van der Waals surface area (Å²) >= 11 is 0. The molecule has 1 aliphatic carbocycles.